The number of carbonyl (C=O) groups is 2. The number of carboxylic acids is 1. The molecule has 0 atom stereocenters. The van der Waals surface area contributed by atoms with Crippen LogP contribution in [-0.2, 0) is 0 Å². The molecular formula is C13H7BrN2O3. The van der Waals surface area contributed by atoms with Gasteiger partial charge in [0.25, 0.3) is 0 Å². The molecule has 0 aliphatic carbocycles. The van der Waals surface area contributed by atoms with Crippen molar-refractivity contribution in [3.8, 4) is 0 Å². The van der Waals surface area contributed by atoms with Crippen molar-refractivity contribution in [2.24, 2.45) is 0 Å². The molecule has 0 bridgehead atoms. The van der Waals surface area contributed by atoms with Crippen LogP contribution in [0, 0.1) is 0 Å². The first-order valence-corrected chi connectivity index (χ1v) is 6.20. The predicted octanol–water partition coefficient (Wildman–Crippen LogP) is 2.99. The number of H-pyrrole nitrogens is 1. The largest absolute Gasteiger partial charge is 0.478 e. The van der Waals surface area contributed by atoms with Gasteiger partial charge in [-0.25, -0.2) is 9.78 Å². The second-order valence-corrected chi connectivity index (χ2v) is 4.88. The van der Waals surface area contributed by atoms with E-state index in [0.29, 0.717) is 21.2 Å². The number of aromatic carboxylic acids is 1. The lowest BCUT2D eigenvalue weighted by molar-refractivity contribution is 0.0698. The number of nitrogens with one attached hydrogen (secondary N) is 1. The Kier molecular flexibility index (Phi) is 2.60. The van der Waals surface area contributed by atoms with E-state index in [-0.39, 0.29) is 5.56 Å². The molecule has 6 heteroatoms. The molecule has 3 aromatic rings. The number of carboxylic acid groups (broad SMARTS) is 1. The SMILES string of the molecule is O=Cc1ccc2[nH]c3c(C(=O)O)cc(Br)nc3c2c1. The maximum absolute atomic E-state index is 11.2. The minimum Gasteiger partial charge on any atom is -0.478 e. The average Bonchev–Trinajstić information content (AvgIpc) is 2.75. The first-order valence-electron chi connectivity index (χ1n) is 5.40. The van der Waals surface area contributed by atoms with Crippen LogP contribution in [0.1, 0.15) is 20.7 Å². The van der Waals surface area contributed by atoms with E-state index in [1.54, 1.807) is 18.2 Å². The molecule has 0 amide bonds. The van der Waals surface area contributed by atoms with Gasteiger partial charge in [0.05, 0.1) is 16.6 Å². The Hall–Kier alpha value is -2.21. The number of nitrogens with zero attached hydrogens (tertiary/aromatic N) is 1. The summed E-state index contributed by atoms with van der Waals surface area (Å²) in [5.41, 5.74) is 2.39. The van der Waals surface area contributed by atoms with Gasteiger partial charge in [-0.2, -0.15) is 0 Å². The van der Waals surface area contributed by atoms with Crippen LogP contribution in [-0.4, -0.2) is 27.3 Å². The van der Waals surface area contributed by atoms with E-state index in [4.69, 9.17) is 0 Å². The molecule has 0 aliphatic rings. The Morgan fingerprint density at radius 2 is 2.16 bits per heavy atom. The maximum Gasteiger partial charge on any atom is 0.337 e. The number of rotatable bonds is 2. The molecular weight excluding hydrogens is 312 g/mol. The van der Waals surface area contributed by atoms with E-state index in [0.717, 1.165) is 17.2 Å². The summed E-state index contributed by atoms with van der Waals surface area (Å²) in [5.74, 6) is -1.03. The van der Waals surface area contributed by atoms with E-state index in [1.165, 1.54) is 6.07 Å². The topological polar surface area (TPSA) is 83.0 Å². The molecule has 0 saturated heterocycles. The third kappa shape index (κ3) is 1.80. The third-order valence-corrected chi connectivity index (χ3v) is 3.32. The Morgan fingerprint density at radius 1 is 1.37 bits per heavy atom. The van der Waals surface area contributed by atoms with Crippen LogP contribution in [0.3, 0.4) is 0 Å². The summed E-state index contributed by atoms with van der Waals surface area (Å²) in [5, 5.41) is 9.93. The molecule has 1 aromatic carbocycles. The Morgan fingerprint density at radius 3 is 2.84 bits per heavy atom. The van der Waals surface area contributed by atoms with Gasteiger partial charge in [0, 0.05) is 16.5 Å². The molecule has 2 aromatic heterocycles. The Balaban J connectivity index is 2.50. The second kappa shape index (κ2) is 4.17. The summed E-state index contributed by atoms with van der Waals surface area (Å²) in [6.07, 6.45) is 0.744. The minimum atomic E-state index is -1.03. The van der Waals surface area contributed by atoms with Gasteiger partial charge in [0.15, 0.2) is 0 Å². The quantitative estimate of drug-likeness (QED) is 0.562. The smallest absolute Gasteiger partial charge is 0.337 e. The number of hydrogen-bond donors (Lipinski definition) is 2. The monoisotopic (exact) mass is 318 g/mol. The van der Waals surface area contributed by atoms with Gasteiger partial charge in [-0.15, -0.1) is 0 Å². The van der Waals surface area contributed by atoms with Crippen LogP contribution in [0.25, 0.3) is 21.9 Å². The fourth-order valence-corrected chi connectivity index (χ4v) is 2.48. The lowest BCUT2D eigenvalue weighted by Crippen LogP contribution is -1.98. The number of carbonyl (C=O) groups excluding carboxylic acids is 1. The zero-order valence-corrected chi connectivity index (χ0v) is 11.1. The van der Waals surface area contributed by atoms with Crippen molar-refractivity contribution in [2.45, 2.75) is 0 Å². The van der Waals surface area contributed by atoms with Crippen molar-refractivity contribution < 1.29 is 14.7 Å². The first kappa shape index (κ1) is 11.9. The molecule has 2 heterocycles. The van der Waals surface area contributed by atoms with Crippen molar-refractivity contribution in [3.63, 3.8) is 0 Å². The number of aldehydes is 1. The van der Waals surface area contributed by atoms with Crippen molar-refractivity contribution >= 4 is 50.1 Å². The van der Waals surface area contributed by atoms with Gasteiger partial charge < -0.3 is 10.1 Å². The summed E-state index contributed by atoms with van der Waals surface area (Å²) in [6.45, 7) is 0. The molecule has 19 heavy (non-hydrogen) atoms. The second-order valence-electron chi connectivity index (χ2n) is 4.07. The number of halogens is 1. The highest BCUT2D eigenvalue weighted by molar-refractivity contribution is 9.10. The standard InChI is InChI=1S/C13H7BrN2O3/c14-10-4-8(13(18)19)12-11(16-10)7-3-6(5-17)1-2-9(7)15-12/h1-5,15H,(H,18,19). The fraction of sp³-hybridized carbons (Fsp3) is 0. The summed E-state index contributed by atoms with van der Waals surface area (Å²) in [7, 11) is 0. The van der Waals surface area contributed by atoms with Crippen LogP contribution >= 0.6 is 15.9 Å². The van der Waals surface area contributed by atoms with E-state index in [2.05, 4.69) is 25.9 Å². The van der Waals surface area contributed by atoms with Gasteiger partial charge in [0.1, 0.15) is 10.9 Å². The third-order valence-electron chi connectivity index (χ3n) is 2.91. The van der Waals surface area contributed by atoms with Crippen molar-refractivity contribution in [3.05, 3.63) is 40.0 Å². The molecule has 0 saturated carbocycles. The highest BCUT2D eigenvalue weighted by Crippen LogP contribution is 2.28. The zero-order chi connectivity index (χ0) is 13.6. The van der Waals surface area contributed by atoms with E-state index < -0.39 is 5.97 Å². The molecule has 94 valence electrons. The van der Waals surface area contributed by atoms with Gasteiger partial charge in [0.2, 0.25) is 0 Å². The molecule has 3 rings (SSSR count). The molecule has 0 radical (unpaired) electrons. The predicted molar refractivity (Wildman–Crippen MR) is 73.6 cm³/mol. The number of aromatic nitrogens is 2. The normalized spacial score (nSPS) is 11.0. The lowest BCUT2D eigenvalue weighted by Gasteiger charge is -1.98. The Labute approximate surface area is 115 Å². The maximum atomic E-state index is 11.2. The molecule has 0 aliphatic heterocycles. The van der Waals surface area contributed by atoms with Crippen molar-refractivity contribution in [2.75, 3.05) is 0 Å². The Bertz CT molecular complexity index is 839. The first-order chi connectivity index (χ1) is 9.10. The van der Waals surface area contributed by atoms with Crippen molar-refractivity contribution in [1.29, 1.82) is 0 Å². The van der Waals surface area contributed by atoms with Gasteiger partial charge in [-0.3, -0.25) is 4.79 Å². The summed E-state index contributed by atoms with van der Waals surface area (Å²) >= 11 is 3.20. The molecule has 0 unspecified atom stereocenters. The number of benzene rings is 1. The van der Waals surface area contributed by atoms with Crippen LogP contribution in [0.2, 0.25) is 0 Å². The van der Waals surface area contributed by atoms with Crippen molar-refractivity contribution in [1.82, 2.24) is 9.97 Å². The van der Waals surface area contributed by atoms with Gasteiger partial charge >= 0.3 is 5.97 Å². The lowest BCUT2D eigenvalue weighted by atomic mass is 10.1. The van der Waals surface area contributed by atoms with Gasteiger partial charge in [-0.1, -0.05) is 0 Å². The number of pyridine rings is 1. The highest BCUT2D eigenvalue weighted by Gasteiger charge is 2.15. The summed E-state index contributed by atoms with van der Waals surface area (Å²) in [6, 6.07) is 6.54. The zero-order valence-electron chi connectivity index (χ0n) is 9.48. The highest BCUT2D eigenvalue weighted by atomic mass is 79.9. The summed E-state index contributed by atoms with van der Waals surface area (Å²) in [4.78, 5) is 29.4. The van der Waals surface area contributed by atoms with E-state index in [9.17, 15) is 14.7 Å². The van der Waals surface area contributed by atoms with E-state index in [1.807, 2.05) is 0 Å². The molecule has 0 fully saturated rings. The number of hydrogen-bond acceptors (Lipinski definition) is 3. The number of aromatic amines is 1. The average molecular weight is 319 g/mol. The molecule has 2 N–H and O–H groups in total. The molecule has 0 spiro atoms. The molecule has 5 nitrogen and oxygen atoms in total. The fourth-order valence-electron chi connectivity index (χ4n) is 2.08. The van der Waals surface area contributed by atoms with Crippen LogP contribution in [0.15, 0.2) is 28.9 Å². The minimum absolute atomic E-state index is 0.140. The van der Waals surface area contributed by atoms with E-state index >= 15 is 0 Å². The van der Waals surface area contributed by atoms with Gasteiger partial charge in [-0.05, 0) is 40.2 Å². The van der Waals surface area contributed by atoms with Crippen LogP contribution in [0.5, 0.6) is 0 Å². The van der Waals surface area contributed by atoms with Crippen LogP contribution < -0.4 is 0 Å². The summed E-state index contributed by atoms with van der Waals surface area (Å²) < 4.78 is 0.440. The van der Waals surface area contributed by atoms with Crippen LogP contribution in [0.4, 0.5) is 0 Å². The number of fused-ring (bicyclic) bond motifs is 3.